The van der Waals surface area contributed by atoms with E-state index in [1.165, 1.54) is 12.3 Å². The molecule has 12 heteroatoms. The molecule has 0 aliphatic carbocycles. The van der Waals surface area contributed by atoms with Crippen LogP contribution in [-0.2, 0) is 0 Å². The van der Waals surface area contributed by atoms with E-state index in [0.29, 0.717) is 32.9 Å². The molecule has 4 aromatic heterocycles. The van der Waals surface area contributed by atoms with E-state index in [-0.39, 0.29) is 23.4 Å². The zero-order valence-corrected chi connectivity index (χ0v) is 24.6. The van der Waals surface area contributed by atoms with E-state index in [4.69, 9.17) is 11.6 Å². The molecular formula is C34H24ClFN8O2. The van der Waals surface area contributed by atoms with Gasteiger partial charge < -0.3 is 20.2 Å². The molecule has 0 fully saturated rings. The van der Waals surface area contributed by atoms with Crippen LogP contribution in [0, 0.1) is 5.82 Å². The number of nitrogens with zero attached hydrogens (tertiary/aromatic N) is 4. The summed E-state index contributed by atoms with van der Waals surface area (Å²) < 4.78 is 13.9. The number of aliphatic imine (C=N–C) groups is 2. The molecule has 0 atom stereocenters. The number of hydrogen-bond donors (Lipinski definition) is 6. The maximum Gasteiger partial charge on any atom is 0.198 e. The van der Waals surface area contributed by atoms with Crippen LogP contribution in [0.3, 0.4) is 0 Å². The SMILES string of the molecule is Oc1[nH]c2ccc(Cl)cc2c1C=Nc1cc(-c2ccccc2)[nH]n1.Oc1[nH]c2ccccc2c1C=Nc1n[nH]c2cccc(F)c12. The van der Waals surface area contributed by atoms with Gasteiger partial charge in [0.1, 0.15) is 5.82 Å². The predicted molar refractivity (Wildman–Crippen MR) is 180 cm³/mol. The number of fused-ring (bicyclic) bond motifs is 3. The monoisotopic (exact) mass is 630 g/mol. The van der Waals surface area contributed by atoms with Crippen molar-refractivity contribution in [3.63, 3.8) is 0 Å². The number of H-pyrrole nitrogens is 4. The van der Waals surface area contributed by atoms with Crippen LogP contribution in [0.5, 0.6) is 11.8 Å². The van der Waals surface area contributed by atoms with Crippen molar-refractivity contribution in [2.45, 2.75) is 0 Å². The Bertz CT molecular complexity index is 2390. The summed E-state index contributed by atoms with van der Waals surface area (Å²) in [6, 6.07) is 29.3. The van der Waals surface area contributed by atoms with E-state index in [2.05, 4.69) is 40.3 Å². The first-order chi connectivity index (χ1) is 22.4. The Labute approximate surface area is 265 Å². The first kappa shape index (κ1) is 28.6. The molecule has 10 nitrogen and oxygen atoms in total. The first-order valence-corrected chi connectivity index (χ1v) is 14.4. The van der Waals surface area contributed by atoms with Crippen LogP contribution in [0.4, 0.5) is 16.0 Å². The second kappa shape index (κ2) is 12.1. The molecule has 0 unspecified atom stereocenters. The second-order valence-electron chi connectivity index (χ2n) is 10.2. The van der Waals surface area contributed by atoms with Crippen molar-refractivity contribution in [2.75, 3.05) is 0 Å². The number of aromatic hydroxyl groups is 2. The van der Waals surface area contributed by atoms with Crippen molar-refractivity contribution in [1.82, 2.24) is 30.4 Å². The minimum absolute atomic E-state index is 0.0188. The number of rotatable bonds is 5. The number of benzene rings is 4. The van der Waals surface area contributed by atoms with Gasteiger partial charge in [0.2, 0.25) is 0 Å². The number of nitrogens with one attached hydrogen (secondary N) is 4. The molecule has 0 aliphatic rings. The van der Waals surface area contributed by atoms with E-state index in [1.807, 2.05) is 66.7 Å². The highest BCUT2D eigenvalue weighted by molar-refractivity contribution is 6.31. The van der Waals surface area contributed by atoms with Crippen molar-refractivity contribution in [1.29, 1.82) is 0 Å². The maximum absolute atomic E-state index is 13.9. The highest BCUT2D eigenvalue weighted by Gasteiger charge is 2.12. The van der Waals surface area contributed by atoms with Crippen LogP contribution in [0.1, 0.15) is 11.1 Å². The molecule has 0 radical (unpaired) electrons. The normalized spacial score (nSPS) is 11.7. The predicted octanol–water partition coefficient (Wildman–Crippen LogP) is 8.31. The minimum Gasteiger partial charge on any atom is -0.494 e. The third kappa shape index (κ3) is 5.58. The second-order valence-corrected chi connectivity index (χ2v) is 10.7. The molecule has 0 saturated heterocycles. The zero-order valence-electron chi connectivity index (χ0n) is 23.8. The fourth-order valence-corrected chi connectivity index (χ4v) is 5.26. The van der Waals surface area contributed by atoms with Crippen molar-refractivity contribution in [3.8, 4) is 23.0 Å². The summed E-state index contributed by atoms with van der Waals surface area (Å²) in [5.74, 6) is 0.462. The van der Waals surface area contributed by atoms with E-state index >= 15 is 0 Å². The number of aromatic nitrogens is 6. The lowest BCUT2D eigenvalue weighted by Crippen LogP contribution is -1.80. The van der Waals surface area contributed by atoms with E-state index in [1.54, 1.807) is 30.5 Å². The average molecular weight is 631 g/mol. The van der Waals surface area contributed by atoms with E-state index in [0.717, 1.165) is 33.1 Å². The molecule has 6 N–H and O–H groups in total. The molecular weight excluding hydrogens is 607 g/mol. The van der Waals surface area contributed by atoms with Crippen LogP contribution in [0.15, 0.2) is 107 Å². The van der Waals surface area contributed by atoms with Gasteiger partial charge in [0, 0.05) is 45.3 Å². The summed E-state index contributed by atoms with van der Waals surface area (Å²) in [7, 11) is 0. The van der Waals surface area contributed by atoms with Crippen molar-refractivity contribution in [2.24, 2.45) is 9.98 Å². The lowest BCUT2D eigenvalue weighted by atomic mass is 10.1. The van der Waals surface area contributed by atoms with Gasteiger partial charge in [-0.1, -0.05) is 66.2 Å². The number of para-hydroxylation sites is 1. The molecule has 0 spiro atoms. The molecule has 8 aromatic rings. The van der Waals surface area contributed by atoms with Crippen molar-refractivity contribution in [3.05, 3.63) is 119 Å². The highest BCUT2D eigenvalue weighted by atomic mass is 35.5. The smallest absolute Gasteiger partial charge is 0.198 e. The molecule has 8 rings (SSSR count). The number of halogens is 2. The maximum atomic E-state index is 13.9. The molecule has 4 heterocycles. The van der Waals surface area contributed by atoms with Gasteiger partial charge in [-0.2, -0.15) is 10.2 Å². The zero-order chi connectivity index (χ0) is 31.6. The Kier molecular flexibility index (Phi) is 7.49. The molecule has 46 heavy (non-hydrogen) atoms. The summed E-state index contributed by atoms with van der Waals surface area (Å²) in [5, 5.41) is 36.5. The van der Waals surface area contributed by atoms with Gasteiger partial charge in [-0.3, -0.25) is 10.2 Å². The lowest BCUT2D eigenvalue weighted by Gasteiger charge is -1.93. The average Bonchev–Trinajstić information content (AvgIpc) is 3.84. The Morgan fingerprint density at radius 3 is 2.20 bits per heavy atom. The third-order valence-corrected chi connectivity index (χ3v) is 7.55. The van der Waals surface area contributed by atoms with Crippen LogP contribution >= 0.6 is 11.6 Å². The fraction of sp³-hybridized carbons (Fsp3) is 0. The van der Waals surface area contributed by atoms with Gasteiger partial charge in [0.15, 0.2) is 23.4 Å². The lowest BCUT2D eigenvalue weighted by molar-refractivity contribution is 0.457. The molecule has 0 saturated carbocycles. The van der Waals surface area contributed by atoms with Crippen molar-refractivity contribution < 1.29 is 14.6 Å². The van der Waals surface area contributed by atoms with Gasteiger partial charge >= 0.3 is 0 Å². The van der Waals surface area contributed by atoms with Crippen LogP contribution in [0.25, 0.3) is 44.0 Å². The summed E-state index contributed by atoms with van der Waals surface area (Å²) in [6.07, 6.45) is 3.06. The van der Waals surface area contributed by atoms with E-state index in [9.17, 15) is 14.6 Å². The summed E-state index contributed by atoms with van der Waals surface area (Å²) in [4.78, 5) is 14.3. The Balaban J connectivity index is 0.000000147. The number of aromatic amines is 4. The molecule has 0 amide bonds. The van der Waals surface area contributed by atoms with Gasteiger partial charge in [-0.15, -0.1) is 0 Å². The fourth-order valence-electron chi connectivity index (χ4n) is 5.09. The standard InChI is InChI=1S/C18H13ClN4O.C16H11FN4O/c19-12-6-7-15-13(8-12)14(18(24)21-15)10-20-17-9-16(22-23-17)11-4-2-1-3-5-11;17-11-5-3-7-13-14(11)15(21-20-13)18-8-10-9-4-1-2-6-12(9)19-16(10)22/h1-10,21,24H,(H,22,23);1-8,19,22H,(H,20,21). The topological polar surface area (TPSA) is 154 Å². The van der Waals surface area contributed by atoms with E-state index < -0.39 is 0 Å². The summed E-state index contributed by atoms with van der Waals surface area (Å²) in [6.45, 7) is 0. The van der Waals surface area contributed by atoms with Crippen LogP contribution < -0.4 is 0 Å². The van der Waals surface area contributed by atoms with Gasteiger partial charge in [0.25, 0.3) is 0 Å². The minimum atomic E-state index is -0.387. The Morgan fingerprint density at radius 1 is 0.674 bits per heavy atom. The Hall–Kier alpha value is -6.20. The molecule has 4 aromatic carbocycles. The summed E-state index contributed by atoms with van der Waals surface area (Å²) >= 11 is 6.03. The van der Waals surface area contributed by atoms with Gasteiger partial charge in [0.05, 0.1) is 27.7 Å². The largest absolute Gasteiger partial charge is 0.494 e. The quantitative estimate of drug-likeness (QED) is 0.106. The van der Waals surface area contributed by atoms with Crippen LogP contribution in [0.2, 0.25) is 5.02 Å². The third-order valence-electron chi connectivity index (χ3n) is 7.32. The van der Waals surface area contributed by atoms with Gasteiger partial charge in [-0.05, 0) is 42.0 Å². The Morgan fingerprint density at radius 2 is 1.37 bits per heavy atom. The molecule has 0 aliphatic heterocycles. The van der Waals surface area contributed by atoms with Crippen LogP contribution in [-0.4, -0.2) is 53.0 Å². The highest BCUT2D eigenvalue weighted by Crippen LogP contribution is 2.30. The summed E-state index contributed by atoms with van der Waals surface area (Å²) in [5.41, 5.74) is 5.22. The molecule has 226 valence electrons. The van der Waals surface area contributed by atoms with Crippen molar-refractivity contribution >= 4 is 68.4 Å². The molecule has 0 bridgehead atoms. The number of hydrogen-bond acceptors (Lipinski definition) is 6. The van der Waals surface area contributed by atoms with Gasteiger partial charge in [-0.25, -0.2) is 14.4 Å². The first-order valence-electron chi connectivity index (χ1n) is 14.1.